The third-order valence-corrected chi connectivity index (χ3v) is 6.74. The van der Waals surface area contributed by atoms with Crippen LogP contribution in [0.15, 0.2) is 40.5 Å². The molecule has 0 saturated carbocycles. The summed E-state index contributed by atoms with van der Waals surface area (Å²) >= 11 is 2.89. The molecule has 1 aromatic carbocycles. The molecule has 0 radical (unpaired) electrons. The molecule has 0 aliphatic carbocycles. The van der Waals surface area contributed by atoms with Gasteiger partial charge in [-0.15, -0.1) is 16.4 Å². The molecule has 4 rings (SSSR count). The third-order valence-electron chi connectivity index (χ3n) is 4.91. The zero-order valence-electron chi connectivity index (χ0n) is 17.7. The third kappa shape index (κ3) is 4.97. The zero-order chi connectivity index (χ0) is 21.6. The van der Waals surface area contributed by atoms with Crippen LogP contribution in [0.4, 0.5) is 0 Å². The summed E-state index contributed by atoms with van der Waals surface area (Å²) in [5, 5.41) is 6.34. The highest BCUT2D eigenvalue weighted by molar-refractivity contribution is 7.15. The van der Waals surface area contributed by atoms with Crippen molar-refractivity contribution in [2.24, 2.45) is 0 Å². The van der Waals surface area contributed by atoms with Gasteiger partial charge < -0.3 is 9.47 Å². The Kier molecular flexibility index (Phi) is 6.99. The number of fused-ring (bicyclic) bond motifs is 1. The smallest absolute Gasteiger partial charge is 0.291 e. The summed E-state index contributed by atoms with van der Waals surface area (Å²) in [4.78, 5) is 18.8. The van der Waals surface area contributed by atoms with E-state index in [2.05, 4.69) is 17.0 Å². The van der Waals surface area contributed by atoms with Gasteiger partial charge in [0.1, 0.15) is 0 Å². The van der Waals surface area contributed by atoms with Crippen molar-refractivity contribution < 1.29 is 9.47 Å². The number of ether oxygens (including phenoxy) is 2. The summed E-state index contributed by atoms with van der Waals surface area (Å²) in [6.07, 6.45) is 7.80. The average molecular weight is 456 g/mol. The summed E-state index contributed by atoms with van der Waals surface area (Å²) in [6, 6.07) is 9.61. The van der Waals surface area contributed by atoms with Crippen LogP contribution >= 0.6 is 22.7 Å². The molecule has 6 nitrogen and oxygen atoms in total. The maximum atomic E-state index is 12.8. The van der Waals surface area contributed by atoms with Crippen molar-refractivity contribution in [2.45, 2.75) is 39.0 Å². The van der Waals surface area contributed by atoms with E-state index in [1.807, 2.05) is 41.8 Å². The Morgan fingerprint density at radius 2 is 2.00 bits per heavy atom. The van der Waals surface area contributed by atoms with Crippen LogP contribution in [0.3, 0.4) is 0 Å². The fourth-order valence-electron chi connectivity index (χ4n) is 3.28. The fourth-order valence-corrected chi connectivity index (χ4v) is 4.84. The highest BCUT2D eigenvalue weighted by Crippen LogP contribution is 2.28. The molecule has 0 bridgehead atoms. The lowest BCUT2D eigenvalue weighted by molar-refractivity contribution is 0.285. The second-order valence-electron chi connectivity index (χ2n) is 7.20. The Morgan fingerprint density at radius 3 is 2.74 bits per heavy atom. The monoisotopic (exact) mass is 455 g/mol. The Labute approximate surface area is 188 Å². The minimum Gasteiger partial charge on any atom is -0.493 e. The Morgan fingerprint density at radius 1 is 1.13 bits per heavy atom. The molecule has 0 unspecified atom stereocenters. The average Bonchev–Trinajstić information content (AvgIpc) is 3.50. The number of benzene rings is 1. The van der Waals surface area contributed by atoms with E-state index >= 15 is 0 Å². The van der Waals surface area contributed by atoms with Crippen LogP contribution in [-0.2, 0) is 0 Å². The van der Waals surface area contributed by atoms with Crippen molar-refractivity contribution in [2.75, 3.05) is 13.7 Å². The number of nitrogens with zero attached hydrogens (tertiary/aromatic N) is 3. The van der Waals surface area contributed by atoms with Crippen LogP contribution in [-0.4, -0.2) is 28.3 Å². The number of thiazole rings is 1. The molecule has 8 heteroatoms. The second kappa shape index (κ2) is 10.1. The lowest BCUT2D eigenvalue weighted by Crippen LogP contribution is -2.23. The number of thiophene rings is 1. The summed E-state index contributed by atoms with van der Waals surface area (Å²) in [7, 11) is 1.63. The lowest BCUT2D eigenvalue weighted by atomic mass is 10.1. The maximum absolute atomic E-state index is 12.8. The van der Waals surface area contributed by atoms with Gasteiger partial charge in [-0.05, 0) is 41.6 Å². The topological polar surface area (TPSA) is 65.7 Å². The normalized spacial score (nSPS) is 12.0. The minimum absolute atomic E-state index is 0.165. The van der Waals surface area contributed by atoms with E-state index in [-0.39, 0.29) is 5.56 Å². The summed E-state index contributed by atoms with van der Waals surface area (Å²) in [5.74, 6) is 1.97. The van der Waals surface area contributed by atoms with Crippen molar-refractivity contribution >= 4 is 33.7 Å². The molecular formula is C23H25N3O3S2. The van der Waals surface area contributed by atoms with E-state index in [1.165, 1.54) is 41.5 Å². The SMILES string of the molecule is CCCCCCCOc1ccc(/C=c2\sc3nc(-c4cccs4)nn3c2=O)cc1OC. The van der Waals surface area contributed by atoms with Gasteiger partial charge in [0.05, 0.1) is 23.1 Å². The van der Waals surface area contributed by atoms with Gasteiger partial charge in [0.15, 0.2) is 17.3 Å². The van der Waals surface area contributed by atoms with Gasteiger partial charge in [-0.3, -0.25) is 4.79 Å². The minimum atomic E-state index is -0.165. The van der Waals surface area contributed by atoms with Crippen molar-refractivity contribution in [3.05, 3.63) is 56.2 Å². The highest BCUT2D eigenvalue weighted by atomic mass is 32.1. The van der Waals surface area contributed by atoms with Crippen LogP contribution in [0.5, 0.6) is 11.5 Å². The number of aromatic nitrogens is 3. The van der Waals surface area contributed by atoms with Crippen molar-refractivity contribution in [3.63, 3.8) is 0 Å². The Bertz CT molecular complexity index is 1250. The van der Waals surface area contributed by atoms with Gasteiger partial charge >= 0.3 is 0 Å². The Balaban J connectivity index is 1.51. The number of unbranched alkanes of at least 4 members (excludes halogenated alkanes) is 4. The van der Waals surface area contributed by atoms with E-state index in [4.69, 9.17) is 9.47 Å². The molecule has 0 spiro atoms. The number of hydrogen-bond acceptors (Lipinski definition) is 7. The number of hydrogen-bond donors (Lipinski definition) is 0. The Hall–Kier alpha value is -2.71. The first-order chi connectivity index (χ1) is 15.2. The van der Waals surface area contributed by atoms with Gasteiger partial charge in [0.25, 0.3) is 5.56 Å². The molecule has 0 atom stereocenters. The zero-order valence-corrected chi connectivity index (χ0v) is 19.3. The van der Waals surface area contributed by atoms with Crippen LogP contribution in [0.1, 0.15) is 44.6 Å². The van der Waals surface area contributed by atoms with Crippen LogP contribution < -0.4 is 19.6 Å². The van der Waals surface area contributed by atoms with Gasteiger partial charge in [0.2, 0.25) is 4.96 Å². The standard InChI is InChI=1S/C23H25N3O3S2/c1-3-4-5-6-7-12-29-17-11-10-16(14-18(17)28-2)15-20-22(27)26-23(31-20)24-21(25-26)19-9-8-13-30-19/h8-11,13-15H,3-7,12H2,1-2H3/b20-15-. The molecular weight excluding hydrogens is 430 g/mol. The van der Waals surface area contributed by atoms with Crippen LogP contribution in [0.25, 0.3) is 21.7 Å². The van der Waals surface area contributed by atoms with Crippen molar-refractivity contribution in [1.82, 2.24) is 14.6 Å². The first kappa shape index (κ1) is 21.5. The number of rotatable bonds is 10. The molecule has 31 heavy (non-hydrogen) atoms. The first-order valence-electron chi connectivity index (χ1n) is 10.5. The molecule has 0 aliphatic heterocycles. The van der Waals surface area contributed by atoms with E-state index in [0.29, 0.717) is 27.7 Å². The quantitative estimate of drug-likeness (QED) is 0.322. The fraction of sp³-hybridized carbons (Fsp3) is 0.348. The first-order valence-corrected chi connectivity index (χ1v) is 12.1. The van der Waals surface area contributed by atoms with Gasteiger partial charge in [-0.2, -0.15) is 9.50 Å². The predicted molar refractivity (Wildman–Crippen MR) is 126 cm³/mol. The molecule has 0 saturated heterocycles. The summed E-state index contributed by atoms with van der Waals surface area (Å²) in [5.41, 5.74) is 0.703. The van der Waals surface area contributed by atoms with E-state index in [9.17, 15) is 4.79 Å². The van der Waals surface area contributed by atoms with Crippen LogP contribution in [0, 0.1) is 0 Å². The molecule has 0 fully saturated rings. The molecule has 4 aromatic rings. The molecule has 3 aromatic heterocycles. The van der Waals surface area contributed by atoms with Gasteiger partial charge in [0, 0.05) is 0 Å². The summed E-state index contributed by atoms with van der Waals surface area (Å²) in [6.45, 7) is 2.89. The molecule has 0 N–H and O–H groups in total. The predicted octanol–water partition coefficient (Wildman–Crippen LogP) is 4.79. The van der Waals surface area contributed by atoms with E-state index in [0.717, 1.165) is 22.6 Å². The molecule has 0 aliphatic rings. The second-order valence-corrected chi connectivity index (χ2v) is 9.15. The van der Waals surface area contributed by atoms with Crippen LogP contribution in [0.2, 0.25) is 0 Å². The van der Waals surface area contributed by atoms with Crippen molar-refractivity contribution in [1.29, 1.82) is 0 Å². The van der Waals surface area contributed by atoms with E-state index in [1.54, 1.807) is 18.4 Å². The maximum Gasteiger partial charge on any atom is 0.291 e. The highest BCUT2D eigenvalue weighted by Gasteiger charge is 2.13. The van der Waals surface area contributed by atoms with Crippen molar-refractivity contribution in [3.8, 4) is 22.2 Å². The lowest BCUT2D eigenvalue weighted by Gasteiger charge is -2.11. The molecule has 0 amide bonds. The summed E-state index contributed by atoms with van der Waals surface area (Å²) < 4.78 is 13.4. The van der Waals surface area contributed by atoms with Gasteiger partial charge in [-0.1, -0.05) is 56.1 Å². The molecule has 3 heterocycles. The largest absolute Gasteiger partial charge is 0.493 e. The van der Waals surface area contributed by atoms with E-state index < -0.39 is 0 Å². The van der Waals surface area contributed by atoms with Gasteiger partial charge in [-0.25, -0.2) is 0 Å². The molecule has 162 valence electrons. The number of methoxy groups -OCH3 is 1.